The average Bonchev–Trinajstić information content (AvgIpc) is 2.74. The van der Waals surface area contributed by atoms with Gasteiger partial charge in [-0.2, -0.15) is 0 Å². The molecular weight excluding hydrogens is 411 g/mol. The first-order chi connectivity index (χ1) is 14.3. The summed E-state index contributed by atoms with van der Waals surface area (Å²) in [7, 11) is -1.16. The van der Waals surface area contributed by atoms with E-state index in [-0.39, 0.29) is 27.6 Å². The van der Waals surface area contributed by atoms with Crippen molar-refractivity contribution >= 4 is 27.3 Å². The van der Waals surface area contributed by atoms with Crippen molar-refractivity contribution in [2.75, 3.05) is 24.3 Å². The highest BCUT2D eigenvalue weighted by atomic mass is 32.2. The molecule has 0 heterocycles. The molecule has 3 aromatic carbocycles. The van der Waals surface area contributed by atoms with Gasteiger partial charge in [-0.05, 0) is 54.6 Å². The first-order valence-electron chi connectivity index (χ1n) is 8.75. The molecule has 0 bridgehead atoms. The number of rotatable bonds is 7. The smallest absolute Gasteiger partial charge is 0.262 e. The van der Waals surface area contributed by atoms with E-state index in [1.165, 1.54) is 44.6 Å². The predicted molar refractivity (Wildman–Crippen MR) is 111 cm³/mol. The molecular formula is C21H19FN2O5S. The van der Waals surface area contributed by atoms with E-state index in [2.05, 4.69) is 10.0 Å². The fraction of sp³-hybridized carbons (Fsp3) is 0.0952. The van der Waals surface area contributed by atoms with Crippen LogP contribution in [0.2, 0.25) is 0 Å². The number of hydrogen-bond donors (Lipinski definition) is 2. The third kappa shape index (κ3) is 4.69. The van der Waals surface area contributed by atoms with Crippen LogP contribution < -0.4 is 19.5 Å². The Morgan fingerprint density at radius 1 is 0.867 bits per heavy atom. The van der Waals surface area contributed by atoms with Gasteiger partial charge in [0, 0.05) is 5.56 Å². The molecule has 2 N–H and O–H groups in total. The average molecular weight is 430 g/mol. The molecule has 0 radical (unpaired) electrons. The molecule has 1 amide bonds. The fourth-order valence-corrected chi connectivity index (χ4v) is 3.78. The Hall–Kier alpha value is -3.59. The first-order valence-corrected chi connectivity index (χ1v) is 10.2. The van der Waals surface area contributed by atoms with Gasteiger partial charge < -0.3 is 14.8 Å². The van der Waals surface area contributed by atoms with Gasteiger partial charge in [0.15, 0.2) is 0 Å². The summed E-state index contributed by atoms with van der Waals surface area (Å²) in [4.78, 5) is 12.4. The number of halogens is 1. The highest BCUT2D eigenvalue weighted by Crippen LogP contribution is 2.31. The van der Waals surface area contributed by atoms with Crippen molar-refractivity contribution in [3.8, 4) is 11.5 Å². The second-order valence-electron chi connectivity index (χ2n) is 6.13. The number of nitrogens with one attached hydrogen (secondary N) is 2. The number of carbonyl (C=O) groups is 1. The molecule has 7 nitrogen and oxygen atoms in total. The van der Waals surface area contributed by atoms with Crippen LogP contribution in [0.5, 0.6) is 11.5 Å². The molecule has 0 aliphatic heterocycles. The van der Waals surface area contributed by atoms with Gasteiger partial charge in [-0.25, -0.2) is 12.8 Å². The van der Waals surface area contributed by atoms with Gasteiger partial charge in [-0.3, -0.25) is 9.52 Å². The lowest BCUT2D eigenvalue weighted by Gasteiger charge is -2.14. The van der Waals surface area contributed by atoms with Gasteiger partial charge in [0.25, 0.3) is 15.9 Å². The first kappa shape index (κ1) is 21.1. The Balaban J connectivity index is 1.91. The third-order valence-corrected chi connectivity index (χ3v) is 5.55. The van der Waals surface area contributed by atoms with E-state index >= 15 is 0 Å². The quantitative estimate of drug-likeness (QED) is 0.593. The Labute approximate surface area is 173 Å². The van der Waals surface area contributed by atoms with Crippen LogP contribution in [-0.4, -0.2) is 28.5 Å². The number of anilines is 2. The normalized spacial score (nSPS) is 10.9. The molecule has 0 saturated carbocycles. The molecule has 0 saturated heterocycles. The number of hydrogen-bond acceptors (Lipinski definition) is 5. The van der Waals surface area contributed by atoms with Crippen molar-refractivity contribution in [1.82, 2.24) is 0 Å². The molecule has 0 spiro atoms. The monoisotopic (exact) mass is 430 g/mol. The van der Waals surface area contributed by atoms with Crippen molar-refractivity contribution in [3.05, 3.63) is 78.1 Å². The minimum Gasteiger partial charge on any atom is -0.495 e. The van der Waals surface area contributed by atoms with Crippen LogP contribution in [0.3, 0.4) is 0 Å². The second kappa shape index (κ2) is 8.83. The zero-order valence-electron chi connectivity index (χ0n) is 16.2. The van der Waals surface area contributed by atoms with Gasteiger partial charge in [-0.15, -0.1) is 0 Å². The number of carbonyl (C=O) groups excluding carboxylic acids is 1. The van der Waals surface area contributed by atoms with Gasteiger partial charge >= 0.3 is 0 Å². The van der Waals surface area contributed by atoms with E-state index in [9.17, 15) is 17.6 Å². The van der Waals surface area contributed by atoms with E-state index in [4.69, 9.17) is 9.47 Å². The summed E-state index contributed by atoms with van der Waals surface area (Å²) in [6.07, 6.45) is 0. The van der Waals surface area contributed by atoms with E-state index in [1.807, 2.05) is 0 Å². The zero-order chi connectivity index (χ0) is 21.7. The van der Waals surface area contributed by atoms with Crippen LogP contribution in [0.25, 0.3) is 0 Å². The lowest BCUT2D eigenvalue weighted by Crippen LogP contribution is -2.16. The van der Waals surface area contributed by atoms with Crippen molar-refractivity contribution in [3.63, 3.8) is 0 Å². The predicted octanol–water partition coefficient (Wildman–Crippen LogP) is 3.90. The molecule has 0 atom stereocenters. The third-order valence-electron chi connectivity index (χ3n) is 4.19. The lowest BCUT2D eigenvalue weighted by atomic mass is 10.2. The van der Waals surface area contributed by atoms with Crippen molar-refractivity contribution in [2.24, 2.45) is 0 Å². The Morgan fingerprint density at radius 3 is 2.17 bits per heavy atom. The van der Waals surface area contributed by atoms with Gasteiger partial charge in [0.2, 0.25) is 0 Å². The summed E-state index contributed by atoms with van der Waals surface area (Å²) < 4.78 is 51.6. The van der Waals surface area contributed by atoms with Crippen molar-refractivity contribution in [1.29, 1.82) is 0 Å². The Kier molecular flexibility index (Phi) is 6.22. The molecule has 30 heavy (non-hydrogen) atoms. The molecule has 156 valence electrons. The molecule has 3 rings (SSSR count). The number of methoxy groups -OCH3 is 2. The molecule has 3 aromatic rings. The summed E-state index contributed by atoms with van der Waals surface area (Å²) in [5.41, 5.74) is 0.626. The van der Waals surface area contributed by atoms with Gasteiger partial charge in [0.05, 0.1) is 30.5 Å². The maximum absolute atomic E-state index is 13.1. The number of amides is 1. The zero-order valence-corrected chi connectivity index (χ0v) is 17.0. The van der Waals surface area contributed by atoms with Gasteiger partial charge in [0.1, 0.15) is 17.3 Å². The largest absolute Gasteiger partial charge is 0.495 e. The van der Waals surface area contributed by atoms with Gasteiger partial charge in [-0.1, -0.05) is 12.1 Å². The minimum atomic E-state index is -3.99. The maximum Gasteiger partial charge on any atom is 0.262 e. The van der Waals surface area contributed by atoms with Crippen molar-refractivity contribution in [2.45, 2.75) is 4.90 Å². The Bertz CT molecular complexity index is 1160. The summed E-state index contributed by atoms with van der Waals surface area (Å²) >= 11 is 0. The molecule has 0 fully saturated rings. The highest BCUT2D eigenvalue weighted by Gasteiger charge is 2.19. The SMILES string of the molecule is COc1ccc(S(=O)(=O)Nc2ccccc2OC)cc1NC(=O)c1ccc(F)cc1. The maximum atomic E-state index is 13.1. The van der Waals surface area contributed by atoms with Crippen LogP contribution in [0, 0.1) is 5.82 Å². The molecule has 0 unspecified atom stereocenters. The van der Waals surface area contributed by atoms with Crippen LogP contribution in [0.1, 0.15) is 10.4 Å². The number of benzene rings is 3. The van der Waals surface area contributed by atoms with E-state index in [0.717, 1.165) is 12.1 Å². The summed E-state index contributed by atoms with van der Waals surface area (Å²) in [6.45, 7) is 0. The van der Waals surface area contributed by atoms with E-state index in [1.54, 1.807) is 24.3 Å². The Morgan fingerprint density at radius 2 is 1.50 bits per heavy atom. The topological polar surface area (TPSA) is 93.7 Å². The fourth-order valence-electron chi connectivity index (χ4n) is 2.68. The molecule has 0 aliphatic carbocycles. The molecule has 9 heteroatoms. The summed E-state index contributed by atoms with van der Waals surface area (Å²) in [5, 5.41) is 2.59. The number of para-hydroxylation sites is 2. The van der Waals surface area contributed by atoms with Crippen LogP contribution >= 0.6 is 0 Å². The second-order valence-corrected chi connectivity index (χ2v) is 7.81. The lowest BCUT2D eigenvalue weighted by molar-refractivity contribution is 0.102. The molecule has 0 aliphatic rings. The van der Waals surface area contributed by atoms with E-state index < -0.39 is 21.7 Å². The van der Waals surface area contributed by atoms with Crippen molar-refractivity contribution < 1.29 is 27.1 Å². The standard InChI is InChI=1S/C21H19FN2O5S/c1-28-19-6-4-3-5-17(19)24-30(26,27)16-11-12-20(29-2)18(13-16)23-21(25)14-7-9-15(22)10-8-14/h3-13,24H,1-2H3,(H,23,25). The van der Waals surface area contributed by atoms with Crippen LogP contribution in [0.15, 0.2) is 71.6 Å². The minimum absolute atomic E-state index is 0.0939. The highest BCUT2D eigenvalue weighted by molar-refractivity contribution is 7.92. The van der Waals surface area contributed by atoms with E-state index in [0.29, 0.717) is 5.75 Å². The summed E-state index contributed by atoms with van der Waals surface area (Å²) in [6, 6.07) is 15.6. The van der Waals surface area contributed by atoms with Crippen LogP contribution in [-0.2, 0) is 10.0 Å². The molecule has 0 aromatic heterocycles. The number of sulfonamides is 1. The van der Waals surface area contributed by atoms with Crippen LogP contribution in [0.4, 0.5) is 15.8 Å². The number of ether oxygens (including phenoxy) is 2. The summed E-state index contributed by atoms with van der Waals surface area (Å²) in [5.74, 6) is -0.388.